The van der Waals surface area contributed by atoms with Crippen LogP contribution in [-0.4, -0.2) is 21.9 Å². The summed E-state index contributed by atoms with van der Waals surface area (Å²) in [7, 11) is 0. The SMILES string of the molecule is O=C(CCC(=O)c1ccc2c(c1)CCC2)Nc1nnc(-c2ccsc2)s1. The number of nitrogens with one attached hydrogen (secondary N) is 1. The highest BCUT2D eigenvalue weighted by Gasteiger charge is 2.16. The zero-order valence-electron chi connectivity index (χ0n) is 14.0. The fraction of sp³-hybridized carbons (Fsp3) is 0.263. The number of ketones is 1. The van der Waals surface area contributed by atoms with Crippen molar-refractivity contribution < 1.29 is 9.59 Å². The monoisotopic (exact) mass is 383 g/mol. The van der Waals surface area contributed by atoms with Crippen LogP contribution in [0.5, 0.6) is 0 Å². The molecule has 0 atom stereocenters. The molecule has 0 saturated heterocycles. The topological polar surface area (TPSA) is 72.0 Å². The van der Waals surface area contributed by atoms with Crippen molar-refractivity contribution in [3.05, 3.63) is 51.7 Å². The van der Waals surface area contributed by atoms with Gasteiger partial charge in [-0.05, 0) is 47.9 Å². The predicted molar refractivity (Wildman–Crippen MR) is 104 cm³/mol. The number of anilines is 1. The fourth-order valence-corrected chi connectivity index (χ4v) is 4.55. The molecule has 1 aliphatic rings. The largest absolute Gasteiger partial charge is 0.301 e. The number of carbonyl (C=O) groups excluding carboxylic acids is 2. The van der Waals surface area contributed by atoms with Gasteiger partial charge in [0.2, 0.25) is 11.0 Å². The fourth-order valence-electron chi connectivity index (χ4n) is 3.07. The summed E-state index contributed by atoms with van der Waals surface area (Å²) in [5, 5.41) is 16.0. The highest BCUT2D eigenvalue weighted by molar-refractivity contribution is 7.19. The third-order valence-electron chi connectivity index (χ3n) is 4.44. The maximum absolute atomic E-state index is 12.4. The van der Waals surface area contributed by atoms with Crippen LogP contribution in [0.25, 0.3) is 10.6 Å². The maximum atomic E-state index is 12.4. The number of hydrogen-bond acceptors (Lipinski definition) is 6. The van der Waals surface area contributed by atoms with Crippen LogP contribution < -0.4 is 5.32 Å². The van der Waals surface area contributed by atoms with Crippen LogP contribution >= 0.6 is 22.7 Å². The first-order valence-electron chi connectivity index (χ1n) is 8.50. The van der Waals surface area contributed by atoms with Gasteiger partial charge in [0.1, 0.15) is 5.01 Å². The molecule has 5 nitrogen and oxygen atoms in total. The number of aromatic nitrogens is 2. The van der Waals surface area contributed by atoms with Crippen molar-refractivity contribution in [2.45, 2.75) is 32.1 Å². The Hall–Kier alpha value is -2.38. The summed E-state index contributed by atoms with van der Waals surface area (Å²) in [4.78, 5) is 24.5. The van der Waals surface area contributed by atoms with Gasteiger partial charge in [0.15, 0.2) is 5.78 Å². The van der Waals surface area contributed by atoms with Gasteiger partial charge in [-0.15, -0.1) is 10.2 Å². The van der Waals surface area contributed by atoms with E-state index >= 15 is 0 Å². The lowest BCUT2D eigenvalue weighted by Crippen LogP contribution is -2.13. The van der Waals surface area contributed by atoms with Crippen LogP contribution in [0.1, 0.15) is 40.7 Å². The number of aryl methyl sites for hydroxylation is 2. The van der Waals surface area contributed by atoms with Crippen molar-refractivity contribution in [2.75, 3.05) is 5.32 Å². The summed E-state index contributed by atoms with van der Waals surface area (Å²) >= 11 is 2.92. The van der Waals surface area contributed by atoms with Crippen LogP contribution in [-0.2, 0) is 17.6 Å². The van der Waals surface area contributed by atoms with Crippen LogP contribution in [0.2, 0.25) is 0 Å². The Morgan fingerprint density at radius 2 is 1.96 bits per heavy atom. The lowest BCUT2D eigenvalue weighted by Gasteiger charge is -2.04. The van der Waals surface area contributed by atoms with Crippen molar-refractivity contribution >= 4 is 39.5 Å². The first-order valence-corrected chi connectivity index (χ1v) is 10.3. The standard InChI is InChI=1S/C19H17N3O2S2/c23-16(14-5-4-12-2-1-3-13(12)10-14)6-7-17(24)20-19-22-21-18(26-19)15-8-9-25-11-15/h4-5,8-11H,1-3,6-7H2,(H,20,22,24). The summed E-state index contributed by atoms with van der Waals surface area (Å²) < 4.78 is 0. The van der Waals surface area contributed by atoms with Crippen molar-refractivity contribution in [3.63, 3.8) is 0 Å². The van der Waals surface area contributed by atoms with E-state index in [-0.39, 0.29) is 24.5 Å². The number of amides is 1. The van der Waals surface area contributed by atoms with Gasteiger partial charge in [-0.2, -0.15) is 11.3 Å². The van der Waals surface area contributed by atoms with E-state index in [0.717, 1.165) is 29.8 Å². The molecule has 3 aromatic rings. The molecular weight excluding hydrogens is 366 g/mol. The van der Waals surface area contributed by atoms with E-state index in [4.69, 9.17) is 0 Å². The minimum Gasteiger partial charge on any atom is -0.301 e. The molecule has 0 unspecified atom stereocenters. The zero-order valence-corrected chi connectivity index (χ0v) is 15.7. The average Bonchev–Trinajstić information content (AvgIpc) is 3.38. The van der Waals surface area contributed by atoms with Crippen LogP contribution in [0.15, 0.2) is 35.0 Å². The van der Waals surface area contributed by atoms with Gasteiger partial charge in [-0.1, -0.05) is 23.5 Å². The Kier molecular flexibility index (Phi) is 4.90. The van der Waals surface area contributed by atoms with Gasteiger partial charge in [0.05, 0.1) is 0 Å². The Balaban J connectivity index is 1.32. The molecule has 1 amide bonds. The van der Waals surface area contributed by atoms with Crippen molar-refractivity contribution in [1.29, 1.82) is 0 Å². The van der Waals surface area contributed by atoms with E-state index in [1.165, 1.54) is 22.5 Å². The molecular formula is C19H17N3O2S2. The molecule has 1 N–H and O–H groups in total. The summed E-state index contributed by atoms with van der Waals surface area (Å²) in [6.45, 7) is 0. The van der Waals surface area contributed by atoms with Crippen molar-refractivity contribution in [2.24, 2.45) is 0 Å². The zero-order chi connectivity index (χ0) is 17.9. The highest BCUT2D eigenvalue weighted by Crippen LogP contribution is 2.28. The third kappa shape index (κ3) is 3.73. The van der Waals surface area contributed by atoms with Crippen molar-refractivity contribution in [1.82, 2.24) is 10.2 Å². The molecule has 7 heteroatoms. The molecule has 132 valence electrons. The summed E-state index contributed by atoms with van der Waals surface area (Å²) in [6, 6.07) is 7.87. The number of benzene rings is 1. The second-order valence-corrected chi connectivity index (χ2v) is 7.99. The van der Waals surface area contributed by atoms with Gasteiger partial charge < -0.3 is 5.32 Å². The smallest absolute Gasteiger partial charge is 0.226 e. The van der Waals surface area contributed by atoms with Gasteiger partial charge >= 0.3 is 0 Å². The van der Waals surface area contributed by atoms with Gasteiger partial charge in [-0.3, -0.25) is 9.59 Å². The quantitative estimate of drug-likeness (QED) is 0.642. The summed E-state index contributed by atoms with van der Waals surface area (Å²) in [6.07, 6.45) is 3.64. The Morgan fingerprint density at radius 1 is 1.08 bits per heavy atom. The van der Waals surface area contributed by atoms with E-state index < -0.39 is 0 Å². The van der Waals surface area contributed by atoms with Gasteiger partial charge in [-0.25, -0.2) is 0 Å². The van der Waals surface area contributed by atoms with E-state index in [9.17, 15) is 9.59 Å². The lowest BCUT2D eigenvalue weighted by molar-refractivity contribution is -0.116. The molecule has 0 bridgehead atoms. The minimum atomic E-state index is -0.215. The molecule has 0 aliphatic heterocycles. The number of nitrogens with zero attached hydrogens (tertiary/aromatic N) is 2. The molecule has 26 heavy (non-hydrogen) atoms. The van der Waals surface area contributed by atoms with Crippen molar-refractivity contribution in [3.8, 4) is 10.6 Å². The van der Waals surface area contributed by atoms with Crippen LogP contribution in [0, 0.1) is 0 Å². The second kappa shape index (κ2) is 7.47. The number of thiophene rings is 1. The Bertz CT molecular complexity index is 948. The molecule has 1 aromatic carbocycles. The summed E-state index contributed by atoms with van der Waals surface area (Å²) in [5.41, 5.74) is 4.32. The van der Waals surface area contributed by atoms with E-state index in [1.807, 2.05) is 35.0 Å². The number of carbonyl (C=O) groups is 2. The van der Waals surface area contributed by atoms with E-state index in [1.54, 1.807) is 11.3 Å². The molecule has 0 spiro atoms. The maximum Gasteiger partial charge on any atom is 0.226 e. The normalized spacial score (nSPS) is 12.8. The molecule has 4 rings (SSSR count). The predicted octanol–water partition coefficient (Wildman–Crippen LogP) is 4.36. The van der Waals surface area contributed by atoms with Gasteiger partial charge in [0.25, 0.3) is 0 Å². The lowest BCUT2D eigenvalue weighted by atomic mass is 10.0. The average molecular weight is 383 g/mol. The second-order valence-electron chi connectivity index (χ2n) is 6.23. The molecule has 0 radical (unpaired) electrons. The molecule has 0 saturated carbocycles. The number of Topliss-reactive ketones (excluding diaryl/α,β-unsaturated/α-hetero) is 1. The van der Waals surface area contributed by atoms with Crippen LogP contribution in [0.4, 0.5) is 5.13 Å². The summed E-state index contributed by atoms with van der Waals surface area (Å²) in [5.74, 6) is -0.210. The van der Waals surface area contributed by atoms with Crippen LogP contribution in [0.3, 0.4) is 0 Å². The molecule has 0 fully saturated rings. The van der Waals surface area contributed by atoms with E-state index in [0.29, 0.717) is 10.7 Å². The molecule has 2 aromatic heterocycles. The number of hydrogen-bond donors (Lipinski definition) is 1. The van der Waals surface area contributed by atoms with E-state index in [2.05, 4.69) is 15.5 Å². The highest BCUT2D eigenvalue weighted by atomic mass is 32.1. The molecule has 2 heterocycles. The number of fused-ring (bicyclic) bond motifs is 1. The Morgan fingerprint density at radius 3 is 2.81 bits per heavy atom. The first kappa shape index (κ1) is 17.1. The third-order valence-corrected chi connectivity index (χ3v) is 6.01. The van der Waals surface area contributed by atoms with Gasteiger partial charge in [0, 0.05) is 29.3 Å². The molecule has 1 aliphatic carbocycles. The first-order chi connectivity index (χ1) is 12.7. The minimum absolute atomic E-state index is 0.00563. The number of rotatable bonds is 6. The Labute approximate surface area is 159 Å².